The molecule has 7 rings (SSSR count). The quantitative estimate of drug-likeness (QED) is 0.220. The van der Waals surface area contributed by atoms with Crippen molar-refractivity contribution in [1.82, 2.24) is 33.9 Å². The summed E-state index contributed by atoms with van der Waals surface area (Å²) in [7, 11) is -3.44. The Morgan fingerprint density at radius 2 is 1.88 bits per heavy atom. The van der Waals surface area contributed by atoms with Crippen molar-refractivity contribution in [1.29, 1.82) is 0 Å². The fraction of sp³-hybridized carbons (Fsp3) is 0.500. The Balaban J connectivity index is 1.10. The number of hydrogen-bond donors (Lipinski definition) is 3. The molecule has 3 aliphatic heterocycles. The van der Waals surface area contributed by atoms with Gasteiger partial charge in [0.25, 0.3) is 0 Å². The molecule has 48 heavy (non-hydrogen) atoms. The average Bonchev–Trinajstić information content (AvgIpc) is 3.80. The molecule has 2 saturated heterocycles. The van der Waals surface area contributed by atoms with Gasteiger partial charge in [0.05, 0.1) is 35.6 Å². The Labute approximate surface area is 280 Å². The van der Waals surface area contributed by atoms with Gasteiger partial charge in [-0.1, -0.05) is 24.3 Å². The molecule has 0 bridgehead atoms. The first-order valence-electron chi connectivity index (χ1n) is 16.8. The highest BCUT2D eigenvalue weighted by molar-refractivity contribution is 7.88. The molecule has 5 heterocycles. The summed E-state index contributed by atoms with van der Waals surface area (Å²) < 4.78 is 42.6. The van der Waals surface area contributed by atoms with Crippen LogP contribution in [-0.4, -0.2) is 104 Å². The Bertz CT molecular complexity index is 1870. The zero-order chi connectivity index (χ0) is 33.4. The molecule has 1 atom stereocenters. The normalized spacial score (nSPS) is 18.9. The molecule has 256 valence electrons. The zero-order valence-electron chi connectivity index (χ0n) is 27.2. The summed E-state index contributed by atoms with van der Waals surface area (Å²) in [6, 6.07) is 13.5. The van der Waals surface area contributed by atoms with Crippen LogP contribution in [-0.2, 0) is 47.5 Å². The maximum atomic E-state index is 14.1. The Kier molecular flexibility index (Phi) is 9.24. The van der Waals surface area contributed by atoms with E-state index in [9.17, 15) is 22.7 Å². The van der Waals surface area contributed by atoms with Crippen molar-refractivity contribution in [2.24, 2.45) is 0 Å². The number of fused-ring (bicyclic) bond motifs is 2. The number of para-hydroxylation sites is 2. The zero-order valence-corrected chi connectivity index (χ0v) is 28.1. The lowest BCUT2D eigenvalue weighted by molar-refractivity contribution is -0.130. The minimum absolute atomic E-state index is 0.180. The third-order valence-electron chi connectivity index (χ3n) is 9.99. The molecule has 2 fully saturated rings. The smallest absolute Gasteiger partial charge is 0.222 e. The first-order valence-corrected chi connectivity index (χ1v) is 18.6. The second-order valence-electron chi connectivity index (χ2n) is 13.3. The Morgan fingerprint density at radius 1 is 1.06 bits per heavy atom. The van der Waals surface area contributed by atoms with Gasteiger partial charge in [0, 0.05) is 81.5 Å². The number of nitrogens with zero attached hydrogens (tertiary/aromatic N) is 6. The molecule has 0 spiro atoms. The number of H-pyrrole nitrogens is 1. The number of rotatable bonds is 11. The Hall–Kier alpha value is -3.85. The molecular formula is C34H43FN8O4S. The van der Waals surface area contributed by atoms with Crippen molar-refractivity contribution >= 4 is 32.9 Å². The molecular weight excluding hydrogens is 635 g/mol. The predicted molar refractivity (Wildman–Crippen MR) is 181 cm³/mol. The number of sulfonamides is 1. The van der Waals surface area contributed by atoms with Gasteiger partial charge < -0.3 is 25.2 Å². The lowest BCUT2D eigenvalue weighted by Crippen LogP contribution is -2.47. The summed E-state index contributed by atoms with van der Waals surface area (Å²) in [6.07, 6.45) is 4.41. The SMILES string of the molecule is CS(=O)(=O)N1CCc2c(c(-c3ccc(CF)c(CNc4nc5ccccc5[nH]4)c3)nn2CC(O)CN2CCC(N3CCCC3=O)CC2)C1. The van der Waals surface area contributed by atoms with Crippen molar-refractivity contribution in [3.8, 4) is 11.3 Å². The van der Waals surface area contributed by atoms with Gasteiger partial charge in [-0.3, -0.25) is 9.48 Å². The van der Waals surface area contributed by atoms with Crippen molar-refractivity contribution in [2.75, 3.05) is 44.3 Å². The summed E-state index contributed by atoms with van der Waals surface area (Å²) >= 11 is 0. The van der Waals surface area contributed by atoms with Crippen LogP contribution >= 0.6 is 0 Å². The lowest BCUT2D eigenvalue weighted by atomic mass is 9.98. The maximum absolute atomic E-state index is 14.1. The number of carbonyl (C=O) groups excluding carboxylic acids is 1. The lowest BCUT2D eigenvalue weighted by Gasteiger charge is -2.37. The van der Waals surface area contributed by atoms with Crippen molar-refractivity contribution in [3.05, 3.63) is 64.8 Å². The largest absolute Gasteiger partial charge is 0.390 e. The fourth-order valence-electron chi connectivity index (χ4n) is 7.44. The number of imidazole rings is 1. The first-order chi connectivity index (χ1) is 23.2. The number of carbonyl (C=O) groups is 1. The second kappa shape index (κ2) is 13.6. The van der Waals surface area contributed by atoms with Gasteiger partial charge >= 0.3 is 0 Å². The van der Waals surface area contributed by atoms with Crippen LogP contribution in [0.15, 0.2) is 42.5 Å². The molecule has 2 aromatic carbocycles. The van der Waals surface area contributed by atoms with Crippen molar-refractivity contribution in [2.45, 2.75) is 70.6 Å². The summed E-state index contributed by atoms with van der Waals surface area (Å²) in [5, 5.41) is 19.5. The number of aromatic nitrogens is 4. The number of aliphatic hydroxyl groups excluding tert-OH is 1. The van der Waals surface area contributed by atoms with Crippen LogP contribution in [0.4, 0.5) is 10.3 Å². The molecule has 12 nitrogen and oxygen atoms in total. The van der Waals surface area contributed by atoms with Crippen LogP contribution in [0.3, 0.4) is 0 Å². The molecule has 0 radical (unpaired) electrons. The third kappa shape index (κ3) is 6.84. The van der Waals surface area contributed by atoms with Crippen LogP contribution in [0.25, 0.3) is 22.3 Å². The van der Waals surface area contributed by atoms with Gasteiger partial charge in [-0.05, 0) is 48.6 Å². The van der Waals surface area contributed by atoms with E-state index in [0.717, 1.165) is 72.3 Å². The number of halogens is 1. The summed E-state index contributed by atoms with van der Waals surface area (Å²) in [4.78, 5) is 24.3. The number of piperidine rings is 1. The highest BCUT2D eigenvalue weighted by Gasteiger charge is 2.33. The number of anilines is 1. The van der Waals surface area contributed by atoms with Gasteiger partial charge in [-0.25, -0.2) is 17.8 Å². The summed E-state index contributed by atoms with van der Waals surface area (Å²) in [5.41, 5.74) is 6.12. The van der Waals surface area contributed by atoms with Gasteiger partial charge in [-0.2, -0.15) is 9.40 Å². The minimum Gasteiger partial charge on any atom is -0.390 e. The van der Waals surface area contributed by atoms with Crippen molar-refractivity contribution in [3.63, 3.8) is 0 Å². The topological polar surface area (TPSA) is 140 Å². The van der Waals surface area contributed by atoms with E-state index in [2.05, 4.69) is 20.2 Å². The van der Waals surface area contributed by atoms with E-state index >= 15 is 0 Å². The maximum Gasteiger partial charge on any atom is 0.222 e. The molecule has 1 unspecified atom stereocenters. The van der Waals surface area contributed by atoms with Gasteiger partial charge in [0.15, 0.2) is 0 Å². The van der Waals surface area contributed by atoms with E-state index in [1.54, 1.807) is 6.07 Å². The number of benzene rings is 2. The van der Waals surface area contributed by atoms with E-state index in [0.29, 0.717) is 49.7 Å². The van der Waals surface area contributed by atoms with E-state index in [4.69, 9.17) is 5.10 Å². The number of nitrogens with one attached hydrogen (secondary N) is 2. The van der Waals surface area contributed by atoms with Gasteiger partial charge in [0.1, 0.15) is 6.67 Å². The van der Waals surface area contributed by atoms with Crippen LogP contribution in [0.2, 0.25) is 0 Å². The van der Waals surface area contributed by atoms with Crippen LogP contribution < -0.4 is 5.32 Å². The molecule has 3 N–H and O–H groups in total. The van der Waals surface area contributed by atoms with Gasteiger partial charge in [0.2, 0.25) is 21.9 Å². The summed E-state index contributed by atoms with van der Waals surface area (Å²) in [6.45, 7) is 3.47. The fourth-order valence-corrected chi connectivity index (χ4v) is 8.23. The van der Waals surface area contributed by atoms with E-state index in [-0.39, 0.29) is 25.0 Å². The van der Waals surface area contributed by atoms with E-state index in [1.165, 1.54) is 10.6 Å². The molecule has 1 amide bonds. The number of β-amino-alcohol motifs (C(OH)–C–C–N with tert-alkyl or cyclic N) is 1. The number of amides is 1. The average molecular weight is 679 g/mol. The molecule has 2 aromatic heterocycles. The highest BCUT2D eigenvalue weighted by atomic mass is 32.2. The van der Waals surface area contributed by atoms with E-state index < -0.39 is 22.8 Å². The molecule has 4 aromatic rings. The minimum atomic E-state index is -3.44. The standard InChI is InChI=1S/C34H43FN8O4S/c1-48(46,47)41-16-12-31-28(22-41)33(39-43(31)21-27(44)20-40-14-10-26(11-15-40)42-13-4-7-32(42)45)23-8-9-24(18-35)25(17-23)19-36-34-37-29-5-2-3-6-30(29)38-34/h2-3,5-6,8-9,17,26-27,44H,4,7,10-16,18-22H2,1H3,(H2,36,37,38). The molecule has 14 heteroatoms. The number of hydrogen-bond acceptors (Lipinski definition) is 8. The van der Waals surface area contributed by atoms with E-state index in [1.807, 2.05) is 46.0 Å². The van der Waals surface area contributed by atoms with Gasteiger partial charge in [-0.15, -0.1) is 0 Å². The molecule has 0 aliphatic carbocycles. The number of aliphatic hydroxyl groups is 1. The first kappa shape index (κ1) is 32.7. The number of aromatic amines is 1. The Morgan fingerprint density at radius 3 is 2.60 bits per heavy atom. The second-order valence-corrected chi connectivity index (χ2v) is 15.2. The number of likely N-dealkylation sites (tertiary alicyclic amines) is 2. The highest BCUT2D eigenvalue weighted by Crippen LogP contribution is 2.33. The van der Waals surface area contributed by atoms with Crippen LogP contribution in [0.5, 0.6) is 0 Å². The molecule has 0 saturated carbocycles. The molecule has 3 aliphatic rings. The van der Waals surface area contributed by atoms with Crippen LogP contribution in [0, 0.1) is 0 Å². The van der Waals surface area contributed by atoms with Crippen molar-refractivity contribution < 1.29 is 22.7 Å². The number of alkyl halides is 1. The predicted octanol–water partition coefficient (Wildman–Crippen LogP) is 3.27. The summed E-state index contributed by atoms with van der Waals surface area (Å²) in [5.74, 6) is 0.843. The van der Waals surface area contributed by atoms with Crippen LogP contribution in [0.1, 0.15) is 48.1 Å². The third-order valence-corrected chi connectivity index (χ3v) is 11.2. The monoisotopic (exact) mass is 678 g/mol.